The van der Waals surface area contributed by atoms with Crippen LogP contribution in [0.2, 0.25) is 0 Å². The molecule has 0 N–H and O–H groups in total. The van der Waals surface area contributed by atoms with Crippen LogP contribution in [0.3, 0.4) is 0 Å². The van der Waals surface area contributed by atoms with Crippen molar-refractivity contribution >= 4 is 45.2 Å². The quantitative estimate of drug-likeness (QED) is 0.517. The van der Waals surface area contributed by atoms with Crippen LogP contribution in [-0.4, -0.2) is 0 Å². The molecule has 0 saturated carbocycles. The molecule has 11 heavy (non-hydrogen) atoms. The summed E-state index contributed by atoms with van der Waals surface area (Å²) in [5, 5.41) is 0. The zero-order valence-corrected chi connectivity index (χ0v) is 9.69. The maximum absolute atomic E-state index is 12.8. The Morgan fingerprint density at radius 1 is 1.18 bits per heavy atom. The first kappa shape index (κ1) is 9.63. The van der Waals surface area contributed by atoms with Crippen molar-refractivity contribution < 1.29 is 8.78 Å². The SMILES string of the molecule is FCc1cc(I)c(F)cc1I. The molecule has 0 amide bonds. The summed E-state index contributed by atoms with van der Waals surface area (Å²) in [7, 11) is 0. The summed E-state index contributed by atoms with van der Waals surface area (Å²) in [6.07, 6.45) is 0. The van der Waals surface area contributed by atoms with Crippen LogP contribution in [0, 0.1) is 13.0 Å². The molecule has 0 aliphatic rings. The molecule has 1 aromatic carbocycles. The van der Waals surface area contributed by atoms with Crippen LogP contribution in [0.15, 0.2) is 12.1 Å². The van der Waals surface area contributed by atoms with Crippen molar-refractivity contribution in [2.75, 3.05) is 0 Å². The van der Waals surface area contributed by atoms with E-state index in [0.717, 1.165) is 0 Å². The lowest BCUT2D eigenvalue weighted by atomic mass is 10.2. The Bertz CT molecular complexity index is 273. The van der Waals surface area contributed by atoms with Crippen molar-refractivity contribution in [3.05, 3.63) is 30.7 Å². The molecule has 0 radical (unpaired) electrons. The third-order valence-electron chi connectivity index (χ3n) is 1.23. The number of hydrogen-bond acceptors (Lipinski definition) is 0. The van der Waals surface area contributed by atoms with Gasteiger partial charge in [-0.3, -0.25) is 0 Å². The van der Waals surface area contributed by atoms with Crippen LogP contribution in [0.4, 0.5) is 8.78 Å². The van der Waals surface area contributed by atoms with Gasteiger partial charge in [-0.1, -0.05) is 0 Å². The van der Waals surface area contributed by atoms with Crippen LogP contribution in [0.5, 0.6) is 0 Å². The van der Waals surface area contributed by atoms with Gasteiger partial charge in [0.2, 0.25) is 0 Å². The predicted octanol–water partition coefficient (Wildman–Crippen LogP) is 3.50. The van der Waals surface area contributed by atoms with Crippen molar-refractivity contribution in [1.82, 2.24) is 0 Å². The van der Waals surface area contributed by atoms with Gasteiger partial charge in [-0.2, -0.15) is 0 Å². The standard InChI is InChI=1S/C7H4F2I2/c8-3-4-1-7(11)5(9)2-6(4)10/h1-2H,3H2. The highest BCUT2D eigenvalue weighted by molar-refractivity contribution is 14.1. The summed E-state index contributed by atoms with van der Waals surface area (Å²) in [6, 6.07) is 2.87. The second-order valence-electron chi connectivity index (χ2n) is 1.99. The maximum Gasteiger partial charge on any atom is 0.137 e. The Kier molecular flexibility index (Phi) is 3.48. The van der Waals surface area contributed by atoms with Gasteiger partial charge in [0.15, 0.2) is 0 Å². The number of rotatable bonds is 1. The predicted molar refractivity (Wildman–Crippen MR) is 56.6 cm³/mol. The molecule has 1 aromatic rings. The highest BCUT2D eigenvalue weighted by atomic mass is 127. The molecule has 0 aromatic heterocycles. The third-order valence-corrected chi connectivity index (χ3v) is 3.06. The lowest BCUT2D eigenvalue weighted by Crippen LogP contribution is -1.90. The molecule has 0 unspecified atom stereocenters. The summed E-state index contributed by atoms with van der Waals surface area (Å²) in [5.74, 6) is -0.285. The van der Waals surface area contributed by atoms with E-state index < -0.39 is 6.67 Å². The molecule has 4 heteroatoms. The second kappa shape index (κ2) is 3.97. The largest absolute Gasteiger partial charge is 0.246 e. The third kappa shape index (κ3) is 2.24. The Labute approximate surface area is 90.7 Å². The summed E-state index contributed by atoms with van der Waals surface area (Å²) >= 11 is 3.76. The van der Waals surface area contributed by atoms with Gasteiger partial charge in [0.1, 0.15) is 12.5 Å². The van der Waals surface area contributed by atoms with Crippen LogP contribution < -0.4 is 0 Å². The molecule has 0 spiro atoms. The normalized spacial score (nSPS) is 10.2. The Morgan fingerprint density at radius 2 is 1.82 bits per heavy atom. The van der Waals surface area contributed by atoms with Crippen molar-refractivity contribution in [1.29, 1.82) is 0 Å². The summed E-state index contributed by atoms with van der Waals surface area (Å²) in [6.45, 7) is -0.533. The van der Waals surface area contributed by atoms with Gasteiger partial charge >= 0.3 is 0 Å². The van der Waals surface area contributed by atoms with Gasteiger partial charge in [0, 0.05) is 7.14 Å². The number of alkyl halides is 1. The lowest BCUT2D eigenvalue weighted by molar-refractivity contribution is 0.482. The average Bonchev–Trinajstić information content (AvgIpc) is 1.97. The fourth-order valence-electron chi connectivity index (χ4n) is 0.666. The summed E-state index contributed by atoms with van der Waals surface area (Å²) < 4.78 is 26.0. The molecule has 0 heterocycles. The van der Waals surface area contributed by atoms with E-state index in [9.17, 15) is 8.78 Å². The summed E-state index contributed by atoms with van der Waals surface area (Å²) in [5.41, 5.74) is 0.552. The molecule has 60 valence electrons. The van der Waals surface area contributed by atoms with E-state index in [-0.39, 0.29) is 5.82 Å². The molecule has 0 saturated heterocycles. The van der Waals surface area contributed by atoms with E-state index in [2.05, 4.69) is 0 Å². The summed E-state index contributed by atoms with van der Waals surface area (Å²) in [4.78, 5) is 0. The molecule has 0 aliphatic carbocycles. The first-order chi connectivity index (χ1) is 5.15. The first-order valence-electron chi connectivity index (χ1n) is 2.84. The van der Waals surface area contributed by atoms with Gasteiger partial charge in [-0.05, 0) is 62.9 Å². The Hall–Kier alpha value is 0.540. The van der Waals surface area contributed by atoms with Crippen LogP contribution in [0.25, 0.3) is 0 Å². The number of benzene rings is 1. The van der Waals surface area contributed by atoms with E-state index in [1.165, 1.54) is 12.1 Å². The van der Waals surface area contributed by atoms with E-state index in [4.69, 9.17) is 0 Å². The molecule has 0 atom stereocenters. The number of halogens is 4. The Balaban J connectivity index is 3.21. The van der Waals surface area contributed by atoms with Gasteiger partial charge in [0.25, 0.3) is 0 Å². The van der Waals surface area contributed by atoms with E-state index in [0.29, 0.717) is 12.7 Å². The van der Waals surface area contributed by atoms with Gasteiger partial charge in [-0.15, -0.1) is 0 Å². The highest BCUT2D eigenvalue weighted by Crippen LogP contribution is 2.19. The maximum atomic E-state index is 12.8. The van der Waals surface area contributed by atoms with E-state index in [1.54, 1.807) is 0 Å². The van der Waals surface area contributed by atoms with Crippen molar-refractivity contribution in [2.45, 2.75) is 6.67 Å². The molecule has 0 aliphatic heterocycles. The van der Waals surface area contributed by atoms with E-state index in [1.807, 2.05) is 45.2 Å². The zero-order valence-electron chi connectivity index (χ0n) is 5.37. The zero-order chi connectivity index (χ0) is 8.43. The highest BCUT2D eigenvalue weighted by Gasteiger charge is 2.04. The number of hydrogen-bond donors (Lipinski definition) is 0. The van der Waals surface area contributed by atoms with Crippen LogP contribution in [0.1, 0.15) is 5.56 Å². The molecule has 0 bridgehead atoms. The fourth-order valence-corrected chi connectivity index (χ4v) is 1.77. The molecular weight excluding hydrogens is 376 g/mol. The lowest BCUT2D eigenvalue weighted by Gasteiger charge is -2.00. The first-order valence-corrected chi connectivity index (χ1v) is 5.00. The topological polar surface area (TPSA) is 0 Å². The van der Waals surface area contributed by atoms with Crippen molar-refractivity contribution in [3.8, 4) is 0 Å². The van der Waals surface area contributed by atoms with Crippen LogP contribution in [-0.2, 0) is 6.67 Å². The minimum absolute atomic E-state index is 0.285. The van der Waals surface area contributed by atoms with E-state index >= 15 is 0 Å². The average molecular weight is 380 g/mol. The van der Waals surface area contributed by atoms with Crippen molar-refractivity contribution in [3.63, 3.8) is 0 Å². The second-order valence-corrected chi connectivity index (χ2v) is 4.32. The van der Waals surface area contributed by atoms with Gasteiger partial charge in [-0.25, -0.2) is 8.78 Å². The van der Waals surface area contributed by atoms with Crippen molar-refractivity contribution in [2.24, 2.45) is 0 Å². The fraction of sp³-hybridized carbons (Fsp3) is 0.143. The minimum atomic E-state index is -0.533. The van der Waals surface area contributed by atoms with Gasteiger partial charge < -0.3 is 0 Å². The van der Waals surface area contributed by atoms with Gasteiger partial charge in [0.05, 0.1) is 0 Å². The molecular formula is C7H4F2I2. The molecule has 1 rings (SSSR count). The monoisotopic (exact) mass is 380 g/mol. The molecule has 0 fully saturated rings. The van der Waals surface area contributed by atoms with Crippen LogP contribution >= 0.6 is 45.2 Å². The Morgan fingerprint density at radius 3 is 2.36 bits per heavy atom. The molecule has 0 nitrogen and oxygen atoms in total. The smallest absolute Gasteiger partial charge is 0.137 e. The minimum Gasteiger partial charge on any atom is -0.246 e.